The molecule has 0 aliphatic heterocycles. The number of phenols is 2. The molecule has 0 heterocycles. The lowest BCUT2D eigenvalue weighted by atomic mass is 10.2. The van der Waals surface area contributed by atoms with Gasteiger partial charge in [-0.3, -0.25) is 4.79 Å². The molecule has 0 fully saturated rings. The van der Waals surface area contributed by atoms with E-state index in [2.05, 4.69) is 0 Å². The van der Waals surface area contributed by atoms with Crippen molar-refractivity contribution < 1.29 is 24.3 Å². The number of amides is 1. The van der Waals surface area contributed by atoms with E-state index in [1.807, 2.05) is 0 Å². The third-order valence-electron chi connectivity index (χ3n) is 3.24. The molecular weight excluding hydrogens is 330 g/mol. The minimum atomic E-state index is -1.66. The number of rotatable bonds is 6. The van der Waals surface area contributed by atoms with Gasteiger partial charge in [0.1, 0.15) is 11.5 Å². The summed E-state index contributed by atoms with van der Waals surface area (Å²) in [6, 6.07) is 11.0. The molecule has 24 heavy (non-hydrogen) atoms. The maximum atomic E-state index is 12.5. The molecule has 0 aromatic heterocycles. The van der Waals surface area contributed by atoms with Crippen LogP contribution in [-0.2, 0) is 21.7 Å². The first-order valence-electron chi connectivity index (χ1n) is 6.95. The van der Waals surface area contributed by atoms with Crippen molar-refractivity contribution in [1.82, 2.24) is 0 Å². The summed E-state index contributed by atoms with van der Waals surface area (Å²) in [5, 5.41) is 18.8. The Hall–Kier alpha value is -2.64. The molecule has 126 valence electrons. The number of benzene rings is 2. The van der Waals surface area contributed by atoms with Crippen molar-refractivity contribution in [1.29, 1.82) is 0 Å². The fourth-order valence-corrected chi connectivity index (χ4v) is 3.12. The number of methoxy groups -OCH3 is 1. The van der Waals surface area contributed by atoms with Gasteiger partial charge in [-0.25, -0.2) is 0 Å². The summed E-state index contributed by atoms with van der Waals surface area (Å²) in [7, 11) is 1.55. The Bertz CT molecular complexity index is 758. The summed E-state index contributed by atoms with van der Waals surface area (Å²) in [5.74, 6) is -0.646. The van der Waals surface area contributed by atoms with Gasteiger partial charge in [0.15, 0.2) is 11.5 Å². The normalized spacial score (nSPS) is 12.7. The molecule has 2 aromatic rings. The van der Waals surface area contributed by atoms with Crippen LogP contribution in [0.25, 0.3) is 6.08 Å². The number of hydrogen-bond donors (Lipinski definition) is 3. The van der Waals surface area contributed by atoms with Crippen LogP contribution < -0.4 is 10.5 Å². The maximum absolute atomic E-state index is 12.5. The van der Waals surface area contributed by atoms with Gasteiger partial charge in [-0.05, 0) is 41.0 Å². The minimum Gasteiger partial charge on any atom is -0.611 e. The zero-order chi connectivity index (χ0) is 17.7. The highest BCUT2D eigenvalue weighted by molar-refractivity contribution is 7.95. The minimum absolute atomic E-state index is 0.0732. The van der Waals surface area contributed by atoms with Gasteiger partial charge >= 0.3 is 0 Å². The molecule has 0 aliphatic carbocycles. The molecule has 1 unspecified atom stereocenters. The topological polar surface area (TPSA) is 116 Å². The average Bonchev–Trinajstić information content (AvgIpc) is 2.56. The Labute approximate surface area is 142 Å². The van der Waals surface area contributed by atoms with Gasteiger partial charge in [-0.15, -0.1) is 0 Å². The van der Waals surface area contributed by atoms with Crippen LogP contribution >= 0.6 is 0 Å². The first-order chi connectivity index (χ1) is 11.4. The van der Waals surface area contributed by atoms with Gasteiger partial charge in [0.25, 0.3) is 5.91 Å². The number of nitrogens with two attached hydrogens (primary N) is 1. The van der Waals surface area contributed by atoms with Crippen LogP contribution in [-0.4, -0.2) is 27.8 Å². The number of ether oxygens (including phenoxy) is 1. The van der Waals surface area contributed by atoms with Gasteiger partial charge in [0.05, 0.1) is 7.11 Å². The second-order valence-corrected chi connectivity index (χ2v) is 6.38. The molecule has 7 heteroatoms. The fraction of sp³-hybridized carbons (Fsp3) is 0.118. The summed E-state index contributed by atoms with van der Waals surface area (Å²) in [6.07, 6.45) is 1.33. The molecule has 4 N–H and O–H groups in total. The second kappa shape index (κ2) is 7.76. The predicted molar refractivity (Wildman–Crippen MR) is 91.8 cm³/mol. The molecule has 1 amide bonds. The van der Waals surface area contributed by atoms with E-state index in [-0.39, 0.29) is 22.2 Å². The highest BCUT2D eigenvalue weighted by atomic mass is 32.2. The van der Waals surface area contributed by atoms with E-state index >= 15 is 0 Å². The third kappa shape index (κ3) is 4.43. The van der Waals surface area contributed by atoms with Gasteiger partial charge < -0.3 is 25.2 Å². The lowest BCUT2D eigenvalue weighted by Crippen LogP contribution is -2.22. The quantitative estimate of drug-likeness (QED) is 0.419. The number of phenolic OH excluding ortho intramolecular Hbond substituents is 2. The predicted octanol–water partition coefficient (Wildman–Crippen LogP) is 1.88. The summed E-state index contributed by atoms with van der Waals surface area (Å²) in [4.78, 5) is 11.5. The molecular formula is C17H17NO5S. The van der Waals surface area contributed by atoms with Crippen molar-refractivity contribution >= 4 is 23.2 Å². The molecule has 0 spiro atoms. The van der Waals surface area contributed by atoms with Crippen LogP contribution in [0.1, 0.15) is 11.1 Å². The van der Waals surface area contributed by atoms with Crippen LogP contribution in [0.5, 0.6) is 17.2 Å². The average molecular weight is 347 g/mol. The molecule has 0 radical (unpaired) electrons. The van der Waals surface area contributed by atoms with E-state index in [1.165, 1.54) is 24.3 Å². The summed E-state index contributed by atoms with van der Waals surface area (Å²) < 4.78 is 17.5. The molecule has 2 aromatic carbocycles. The van der Waals surface area contributed by atoms with Crippen molar-refractivity contribution in [2.24, 2.45) is 5.73 Å². The number of primary amides is 1. The lowest BCUT2D eigenvalue weighted by molar-refractivity contribution is -0.113. The van der Waals surface area contributed by atoms with Crippen LogP contribution in [0.15, 0.2) is 47.4 Å². The maximum Gasteiger partial charge on any atom is 0.296 e. The Morgan fingerprint density at radius 1 is 1.21 bits per heavy atom. The monoisotopic (exact) mass is 347 g/mol. The fourth-order valence-electron chi connectivity index (χ4n) is 1.98. The zero-order valence-electron chi connectivity index (χ0n) is 12.9. The third-order valence-corrected chi connectivity index (χ3v) is 4.65. The number of hydrogen-bond acceptors (Lipinski definition) is 5. The Morgan fingerprint density at radius 2 is 1.88 bits per heavy atom. The largest absolute Gasteiger partial charge is 0.611 e. The SMILES string of the molecule is COc1ccc(C[S+]([O-])C(=Cc2ccc(O)c(O)c2)C(N)=O)cc1. The van der Waals surface area contributed by atoms with Crippen LogP contribution in [0.4, 0.5) is 0 Å². The highest BCUT2D eigenvalue weighted by Gasteiger charge is 2.21. The van der Waals surface area contributed by atoms with Crippen molar-refractivity contribution in [3.8, 4) is 17.2 Å². The molecule has 1 atom stereocenters. The van der Waals surface area contributed by atoms with E-state index in [0.29, 0.717) is 11.3 Å². The van der Waals surface area contributed by atoms with Crippen molar-refractivity contribution in [3.05, 3.63) is 58.5 Å². The van der Waals surface area contributed by atoms with Gasteiger partial charge in [0, 0.05) is 11.6 Å². The molecule has 6 nitrogen and oxygen atoms in total. The number of aromatic hydroxyl groups is 2. The van der Waals surface area contributed by atoms with Crippen LogP contribution in [0.3, 0.4) is 0 Å². The Kier molecular flexibility index (Phi) is 5.73. The first-order valence-corrected chi connectivity index (χ1v) is 8.27. The first kappa shape index (κ1) is 17.7. The molecule has 0 saturated carbocycles. The summed E-state index contributed by atoms with van der Waals surface area (Å²) in [6.45, 7) is 0. The van der Waals surface area contributed by atoms with E-state index in [9.17, 15) is 19.6 Å². The molecule has 2 rings (SSSR count). The Balaban J connectivity index is 2.23. The van der Waals surface area contributed by atoms with E-state index in [0.717, 1.165) is 5.56 Å². The smallest absolute Gasteiger partial charge is 0.296 e. The number of carbonyl (C=O) groups excluding carboxylic acids is 1. The molecule has 0 saturated heterocycles. The number of carbonyl (C=O) groups is 1. The second-order valence-electron chi connectivity index (χ2n) is 4.96. The molecule has 0 bridgehead atoms. The standard InChI is InChI=1S/C17H17NO5S/c1-23-13-5-2-11(3-6-13)10-24(22)16(17(18)21)9-12-4-7-14(19)15(20)8-12/h2-9,19-20H,10H2,1H3,(H2,18,21). The van der Waals surface area contributed by atoms with Gasteiger partial charge in [-0.1, -0.05) is 18.2 Å². The molecule has 0 aliphatic rings. The van der Waals surface area contributed by atoms with Gasteiger partial charge in [0.2, 0.25) is 4.91 Å². The van der Waals surface area contributed by atoms with E-state index in [1.54, 1.807) is 31.4 Å². The lowest BCUT2D eigenvalue weighted by Gasteiger charge is -2.12. The summed E-state index contributed by atoms with van der Waals surface area (Å²) in [5.41, 5.74) is 6.48. The van der Waals surface area contributed by atoms with E-state index in [4.69, 9.17) is 10.5 Å². The van der Waals surface area contributed by atoms with Crippen LogP contribution in [0, 0.1) is 0 Å². The Morgan fingerprint density at radius 3 is 2.42 bits per heavy atom. The van der Waals surface area contributed by atoms with Crippen molar-refractivity contribution in [2.45, 2.75) is 5.75 Å². The highest BCUT2D eigenvalue weighted by Crippen LogP contribution is 2.27. The summed E-state index contributed by atoms with van der Waals surface area (Å²) >= 11 is -1.66. The van der Waals surface area contributed by atoms with Crippen molar-refractivity contribution in [3.63, 3.8) is 0 Å². The zero-order valence-corrected chi connectivity index (χ0v) is 13.7. The van der Waals surface area contributed by atoms with Crippen molar-refractivity contribution in [2.75, 3.05) is 7.11 Å². The van der Waals surface area contributed by atoms with Gasteiger partial charge in [-0.2, -0.15) is 0 Å². The van der Waals surface area contributed by atoms with E-state index < -0.39 is 17.1 Å². The van der Waals surface area contributed by atoms with Crippen LogP contribution in [0.2, 0.25) is 0 Å².